The number of nitrogens with two attached hydrogens (primary N) is 1. The second kappa shape index (κ2) is 11.6. The molecule has 35 heavy (non-hydrogen) atoms. The number of rotatable bonds is 9. The fraction of sp³-hybridized carbons (Fsp3) is 0.269. The van der Waals surface area contributed by atoms with E-state index in [4.69, 9.17) is 24.7 Å². The first-order valence-corrected chi connectivity index (χ1v) is 11.1. The van der Waals surface area contributed by atoms with Gasteiger partial charge in [0.1, 0.15) is 28.9 Å². The predicted octanol–water partition coefficient (Wildman–Crippen LogP) is 3.75. The number of carbonyl (C=O) groups excluding carboxylic acids is 2. The molecule has 1 atom stereocenters. The third kappa shape index (κ3) is 6.12. The molecule has 9 nitrogen and oxygen atoms in total. The van der Waals surface area contributed by atoms with E-state index in [0.29, 0.717) is 23.6 Å². The lowest BCUT2D eigenvalue weighted by molar-refractivity contribution is -0.139. The SMILES string of the molecule is CCOC(=O)C1=C(C)OC(N)=C(C#N)C1c1ccc(OCC(=O)Nc2ccc(OCC)cc2)cc1. The van der Waals surface area contributed by atoms with Crippen molar-refractivity contribution in [2.24, 2.45) is 5.73 Å². The fourth-order valence-electron chi connectivity index (χ4n) is 3.59. The van der Waals surface area contributed by atoms with E-state index in [-0.39, 0.29) is 41.9 Å². The first-order valence-electron chi connectivity index (χ1n) is 11.1. The molecule has 1 aliphatic rings. The van der Waals surface area contributed by atoms with Crippen LogP contribution in [0, 0.1) is 11.3 Å². The molecule has 182 valence electrons. The zero-order valence-corrected chi connectivity index (χ0v) is 19.8. The first-order chi connectivity index (χ1) is 16.9. The van der Waals surface area contributed by atoms with Gasteiger partial charge in [-0.05, 0) is 62.7 Å². The summed E-state index contributed by atoms with van der Waals surface area (Å²) in [7, 11) is 0. The Hall–Kier alpha value is -4.45. The zero-order chi connectivity index (χ0) is 25.4. The first kappa shape index (κ1) is 25.2. The number of hydrogen-bond acceptors (Lipinski definition) is 8. The summed E-state index contributed by atoms with van der Waals surface area (Å²) in [5, 5.41) is 12.4. The van der Waals surface area contributed by atoms with Crippen LogP contribution in [0.25, 0.3) is 0 Å². The molecule has 1 unspecified atom stereocenters. The number of nitrogens with zero attached hydrogens (tertiary/aromatic N) is 1. The highest BCUT2D eigenvalue weighted by molar-refractivity contribution is 5.93. The molecular weight excluding hydrogens is 450 g/mol. The van der Waals surface area contributed by atoms with Crippen LogP contribution in [0.4, 0.5) is 5.69 Å². The summed E-state index contributed by atoms with van der Waals surface area (Å²) < 4.78 is 21.5. The quantitative estimate of drug-likeness (QED) is 0.522. The van der Waals surface area contributed by atoms with Crippen LogP contribution in [0.2, 0.25) is 0 Å². The number of allylic oxidation sites excluding steroid dienone is 2. The van der Waals surface area contributed by atoms with Gasteiger partial charge in [-0.1, -0.05) is 12.1 Å². The Morgan fingerprint density at radius 1 is 1.03 bits per heavy atom. The monoisotopic (exact) mass is 477 g/mol. The van der Waals surface area contributed by atoms with Crippen LogP contribution < -0.4 is 20.5 Å². The lowest BCUT2D eigenvalue weighted by atomic mass is 9.83. The van der Waals surface area contributed by atoms with Gasteiger partial charge in [0.2, 0.25) is 5.88 Å². The molecule has 2 aromatic carbocycles. The van der Waals surface area contributed by atoms with Crippen molar-refractivity contribution in [1.82, 2.24) is 0 Å². The van der Waals surface area contributed by atoms with E-state index in [1.54, 1.807) is 62.4 Å². The van der Waals surface area contributed by atoms with Crippen LogP contribution in [-0.4, -0.2) is 31.7 Å². The van der Waals surface area contributed by atoms with Crippen molar-refractivity contribution in [3.05, 3.63) is 76.9 Å². The number of carbonyl (C=O) groups is 2. The molecule has 0 aliphatic carbocycles. The van der Waals surface area contributed by atoms with E-state index in [1.165, 1.54) is 0 Å². The van der Waals surface area contributed by atoms with Gasteiger partial charge in [-0.25, -0.2) is 4.79 Å². The Bertz CT molecular complexity index is 1180. The molecule has 3 rings (SSSR count). The maximum Gasteiger partial charge on any atom is 0.338 e. The largest absolute Gasteiger partial charge is 0.494 e. The van der Waals surface area contributed by atoms with E-state index in [0.717, 1.165) is 5.75 Å². The van der Waals surface area contributed by atoms with Gasteiger partial charge in [0.05, 0.1) is 24.7 Å². The molecule has 1 aliphatic heterocycles. The number of amides is 1. The minimum atomic E-state index is -0.746. The molecule has 2 aromatic rings. The summed E-state index contributed by atoms with van der Waals surface area (Å²) in [6, 6.07) is 15.8. The molecule has 1 amide bonds. The summed E-state index contributed by atoms with van der Waals surface area (Å²) in [6.45, 7) is 5.73. The Balaban J connectivity index is 1.69. The van der Waals surface area contributed by atoms with Crippen molar-refractivity contribution in [3.8, 4) is 17.6 Å². The van der Waals surface area contributed by atoms with Crippen LogP contribution in [0.3, 0.4) is 0 Å². The third-order valence-electron chi connectivity index (χ3n) is 5.13. The smallest absolute Gasteiger partial charge is 0.338 e. The highest BCUT2D eigenvalue weighted by Crippen LogP contribution is 2.39. The van der Waals surface area contributed by atoms with Crippen molar-refractivity contribution in [2.45, 2.75) is 26.7 Å². The molecule has 0 aromatic heterocycles. The van der Waals surface area contributed by atoms with E-state index >= 15 is 0 Å². The minimum absolute atomic E-state index is 0.0608. The Kier molecular flexibility index (Phi) is 8.35. The molecule has 3 N–H and O–H groups in total. The van der Waals surface area contributed by atoms with Crippen molar-refractivity contribution in [2.75, 3.05) is 25.1 Å². The van der Waals surface area contributed by atoms with Crippen molar-refractivity contribution in [1.29, 1.82) is 5.26 Å². The lowest BCUT2D eigenvalue weighted by Crippen LogP contribution is -2.25. The van der Waals surface area contributed by atoms with Gasteiger partial charge in [-0.2, -0.15) is 5.26 Å². The molecule has 0 saturated carbocycles. The number of benzene rings is 2. The van der Waals surface area contributed by atoms with Gasteiger partial charge >= 0.3 is 5.97 Å². The van der Waals surface area contributed by atoms with Gasteiger partial charge in [-0.3, -0.25) is 4.79 Å². The van der Waals surface area contributed by atoms with Gasteiger partial charge in [0.15, 0.2) is 6.61 Å². The number of ether oxygens (including phenoxy) is 4. The number of nitriles is 1. The topological polar surface area (TPSA) is 133 Å². The van der Waals surface area contributed by atoms with Gasteiger partial charge in [0.25, 0.3) is 5.91 Å². The summed E-state index contributed by atoms with van der Waals surface area (Å²) in [5.74, 6) is -0.277. The highest BCUT2D eigenvalue weighted by atomic mass is 16.5. The lowest BCUT2D eigenvalue weighted by Gasteiger charge is -2.26. The van der Waals surface area contributed by atoms with Crippen LogP contribution in [0.5, 0.6) is 11.5 Å². The molecule has 0 saturated heterocycles. The zero-order valence-electron chi connectivity index (χ0n) is 19.8. The molecule has 0 spiro atoms. The summed E-state index contributed by atoms with van der Waals surface area (Å²) >= 11 is 0. The maximum absolute atomic E-state index is 12.6. The Morgan fingerprint density at radius 3 is 2.26 bits per heavy atom. The molecule has 9 heteroatoms. The normalized spacial score (nSPS) is 15.1. The number of esters is 1. The second-order valence-electron chi connectivity index (χ2n) is 7.48. The van der Waals surface area contributed by atoms with E-state index in [2.05, 4.69) is 5.32 Å². The molecular formula is C26H27N3O6. The van der Waals surface area contributed by atoms with Crippen molar-refractivity contribution in [3.63, 3.8) is 0 Å². The van der Waals surface area contributed by atoms with Crippen molar-refractivity contribution < 1.29 is 28.5 Å². The average Bonchev–Trinajstić information content (AvgIpc) is 2.84. The van der Waals surface area contributed by atoms with Crippen LogP contribution >= 0.6 is 0 Å². The van der Waals surface area contributed by atoms with Gasteiger partial charge in [0, 0.05) is 5.69 Å². The van der Waals surface area contributed by atoms with Gasteiger partial charge < -0.3 is 30.0 Å². The van der Waals surface area contributed by atoms with Crippen molar-refractivity contribution >= 4 is 17.6 Å². The number of hydrogen-bond donors (Lipinski definition) is 2. The molecule has 0 fully saturated rings. The number of nitrogens with one attached hydrogen (secondary N) is 1. The predicted molar refractivity (Wildman–Crippen MR) is 128 cm³/mol. The summed E-state index contributed by atoms with van der Waals surface area (Å²) in [5.41, 5.74) is 7.49. The van der Waals surface area contributed by atoms with Crippen LogP contribution in [0.1, 0.15) is 32.3 Å². The van der Waals surface area contributed by atoms with E-state index < -0.39 is 11.9 Å². The maximum atomic E-state index is 12.6. The number of anilines is 1. The van der Waals surface area contributed by atoms with Crippen LogP contribution in [0.15, 0.2) is 71.3 Å². The Labute approximate surface area is 203 Å². The minimum Gasteiger partial charge on any atom is -0.494 e. The van der Waals surface area contributed by atoms with E-state index in [1.807, 2.05) is 13.0 Å². The summed E-state index contributed by atoms with van der Waals surface area (Å²) in [6.07, 6.45) is 0. The molecule has 0 radical (unpaired) electrons. The third-order valence-corrected chi connectivity index (χ3v) is 5.13. The van der Waals surface area contributed by atoms with Crippen LogP contribution in [-0.2, 0) is 19.1 Å². The highest BCUT2D eigenvalue weighted by Gasteiger charge is 2.36. The fourth-order valence-corrected chi connectivity index (χ4v) is 3.59. The second-order valence-corrected chi connectivity index (χ2v) is 7.48. The van der Waals surface area contributed by atoms with Gasteiger partial charge in [-0.15, -0.1) is 0 Å². The summed E-state index contributed by atoms with van der Waals surface area (Å²) in [4.78, 5) is 24.8. The molecule has 0 bridgehead atoms. The van der Waals surface area contributed by atoms with E-state index in [9.17, 15) is 14.9 Å². The standard InChI is InChI=1S/C26H27N3O6/c1-4-32-19-12-8-18(9-13-19)29-22(30)15-34-20-10-6-17(7-11-20)24-21(14-27)25(28)35-16(3)23(24)26(31)33-5-2/h6-13,24H,4-5,15,28H2,1-3H3,(H,29,30). The average molecular weight is 478 g/mol. The molecule has 1 heterocycles. The Morgan fingerprint density at radius 2 is 1.66 bits per heavy atom.